The zero-order valence-corrected chi connectivity index (χ0v) is 12.8. The molecule has 0 aromatic heterocycles. The maximum atomic E-state index is 3.61. The summed E-state index contributed by atoms with van der Waals surface area (Å²) in [6.07, 6.45) is 5.60. The Morgan fingerprint density at radius 1 is 1.21 bits per heavy atom. The molecule has 3 saturated heterocycles. The summed E-state index contributed by atoms with van der Waals surface area (Å²) >= 11 is 0. The van der Waals surface area contributed by atoms with Crippen LogP contribution in [0.15, 0.2) is 0 Å². The van der Waals surface area contributed by atoms with Crippen LogP contribution < -0.4 is 5.32 Å². The van der Waals surface area contributed by atoms with Crippen molar-refractivity contribution in [3.8, 4) is 0 Å². The molecule has 19 heavy (non-hydrogen) atoms. The van der Waals surface area contributed by atoms with E-state index in [1.165, 1.54) is 71.5 Å². The molecule has 0 spiro atoms. The van der Waals surface area contributed by atoms with Crippen molar-refractivity contribution >= 4 is 0 Å². The smallest absolute Gasteiger partial charge is 0.0223 e. The van der Waals surface area contributed by atoms with Crippen LogP contribution in [0, 0.1) is 11.3 Å². The largest absolute Gasteiger partial charge is 0.316 e. The van der Waals surface area contributed by atoms with Gasteiger partial charge in [0.25, 0.3) is 0 Å². The first-order valence-corrected chi connectivity index (χ1v) is 8.37. The molecule has 3 aliphatic rings. The van der Waals surface area contributed by atoms with Gasteiger partial charge in [0.05, 0.1) is 0 Å². The minimum atomic E-state index is 0.535. The maximum Gasteiger partial charge on any atom is 0.0223 e. The van der Waals surface area contributed by atoms with E-state index in [0.29, 0.717) is 5.41 Å². The Bertz CT molecular complexity index is 296. The molecule has 0 radical (unpaired) electrons. The first-order chi connectivity index (χ1) is 9.20. The van der Waals surface area contributed by atoms with E-state index >= 15 is 0 Å². The van der Waals surface area contributed by atoms with Gasteiger partial charge in [-0.3, -0.25) is 4.90 Å². The molecule has 0 aromatic carbocycles. The first kappa shape index (κ1) is 13.8. The van der Waals surface area contributed by atoms with Crippen LogP contribution in [0.2, 0.25) is 0 Å². The third-order valence-corrected chi connectivity index (χ3v) is 5.93. The summed E-state index contributed by atoms with van der Waals surface area (Å²) in [4.78, 5) is 5.54. The highest BCUT2D eigenvalue weighted by molar-refractivity contribution is 4.94. The zero-order valence-electron chi connectivity index (χ0n) is 12.8. The molecule has 110 valence electrons. The fourth-order valence-electron chi connectivity index (χ4n) is 4.45. The summed E-state index contributed by atoms with van der Waals surface area (Å²) in [7, 11) is 0. The summed E-state index contributed by atoms with van der Waals surface area (Å²) < 4.78 is 0. The molecule has 3 fully saturated rings. The molecule has 2 atom stereocenters. The number of fused-ring (bicyclic) bond motifs is 1. The highest BCUT2D eigenvalue weighted by Crippen LogP contribution is 2.35. The number of hydrogen-bond donors (Lipinski definition) is 1. The van der Waals surface area contributed by atoms with Gasteiger partial charge in [-0.2, -0.15) is 0 Å². The summed E-state index contributed by atoms with van der Waals surface area (Å²) in [6.45, 7) is 14.0. The molecule has 0 aliphatic carbocycles. The lowest BCUT2D eigenvalue weighted by Crippen LogP contribution is -2.45. The zero-order chi connectivity index (χ0) is 13.3. The van der Waals surface area contributed by atoms with E-state index < -0.39 is 0 Å². The number of rotatable bonds is 3. The summed E-state index contributed by atoms with van der Waals surface area (Å²) in [5.41, 5.74) is 0.535. The Hall–Kier alpha value is -0.120. The van der Waals surface area contributed by atoms with Crippen molar-refractivity contribution in [3.05, 3.63) is 0 Å². The van der Waals surface area contributed by atoms with Gasteiger partial charge in [-0.15, -0.1) is 0 Å². The van der Waals surface area contributed by atoms with Gasteiger partial charge in [-0.05, 0) is 63.2 Å². The molecule has 3 rings (SSSR count). The second-order valence-electron chi connectivity index (χ2n) is 7.36. The second kappa shape index (κ2) is 5.71. The average molecular weight is 265 g/mol. The lowest BCUT2D eigenvalue weighted by atomic mass is 9.76. The van der Waals surface area contributed by atoms with Gasteiger partial charge in [-0.1, -0.05) is 13.8 Å². The number of nitrogens with one attached hydrogen (secondary N) is 1. The minimum absolute atomic E-state index is 0.535. The van der Waals surface area contributed by atoms with E-state index in [1.54, 1.807) is 0 Å². The van der Waals surface area contributed by atoms with Crippen molar-refractivity contribution in [1.29, 1.82) is 0 Å². The topological polar surface area (TPSA) is 18.5 Å². The van der Waals surface area contributed by atoms with E-state index in [4.69, 9.17) is 0 Å². The van der Waals surface area contributed by atoms with Crippen molar-refractivity contribution in [2.75, 3.05) is 45.8 Å². The molecule has 2 unspecified atom stereocenters. The third-order valence-electron chi connectivity index (χ3n) is 5.93. The van der Waals surface area contributed by atoms with E-state index in [2.05, 4.69) is 29.0 Å². The fraction of sp³-hybridized carbons (Fsp3) is 1.00. The summed E-state index contributed by atoms with van der Waals surface area (Å²) in [5.74, 6) is 0.797. The van der Waals surface area contributed by atoms with Gasteiger partial charge in [0.1, 0.15) is 0 Å². The van der Waals surface area contributed by atoms with E-state index in [9.17, 15) is 0 Å². The highest BCUT2D eigenvalue weighted by atomic mass is 15.3. The molecule has 0 amide bonds. The summed E-state index contributed by atoms with van der Waals surface area (Å²) in [5, 5.41) is 3.61. The van der Waals surface area contributed by atoms with Crippen molar-refractivity contribution in [3.63, 3.8) is 0 Å². The average Bonchev–Trinajstić information content (AvgIpc) is 2.97. The van der Waals surface area contributed by atoms with Crippen LogP contribution in [-0.4, -0.2) is 61.7 Å². The molecule has 1 N–H and O–H groups in total. The third kappa shape index (κ3) is 2.84. The van der Waals surface area contributed by atoms with Crippen LogP contribution in [0.4, 0.5) is 0 Å². The molecular formula is C16H31N3. The minimum Gasteiger partial charge on any atom is -0.316 e. The standard InChI is InChI=1S/C16H31N3/c1-14(2)16(6-7-17-12-16)13-18-8-4-10-19-9-3-5-15(19)11-18/h14-15,17H,3-13H2,1-2H3. The van der Waals surface area contributed by atoms with Crippen molar-refractivity contribution < 1.29 is 0 Å². The normalized spacial score (nSPS) is 37.7. The number of hydrogen-bond acceptors (Lipinski definition) is 3. The Morgan fingerprint density at radius 3 is 2.79 bits per heavy atom. The molecular weight excluding hydrogens is 234 g/mol. The maximum absolute atomic E-state index is 3.61. The van der Waals surface area contributed by atoms with Crippen molar-refractivity contribution in [1.82, 2.24) is 15.1 Å². The quantitative estimate of drug-likeness (QED) is 0.839. The van der Waals surface area contributed by atoms with Gasteiger partial charge in [-0.25, -0.2) is 0 Å². The Labute approximate surface area is 118 Å². The van der Waals surface area contributed by atoms with Crippen LogP contribution in [0.3, 0.4) is 0 Å². The molecule has 0 saturated carbocycles. The molecule has 3 heterocycles. The van der Waals surface area contributed by atoms with Crippen LogP contribution in [-0.2, 0) is 0 Å². The monoisotopic (exact) mass is 265 g/mol. The summed E-state index contributed by atoms with van der Waals surface area (Å²) in [6, 6.07) is 0.862. The van der Waals surface area contributed by atoms with Crippen LogP contribution in [0.5, 0.6) is 0 Å². The van der Waals surface area contributed by atoms with Crippen LogP contribution in [0.1, 0.15) is 39.5 Å². The SMILES string of the molecule is CC(C)C1(CN2CCCN3CCCC3C2)CCNC1. The van der Waals surface area contributed by atoms with Crippen molar-refractivity contribution in [2.45, 2.75) is 45.6 Å². The highest BCUT2D eigenvalue weighted by Gasteiger charge is 2.39. The van der Waals surface area contributed by atoms with Gasteiger partial charge in [0.15, 0.2) is 0 Å². The van der Waals surface area contributed by atoms with E-state index in [1.807, 2.05) is 0 Å². The molecule has 3 nitrogen and oxygen atoms in total. The van der Waals surface area contributed by atoms with Gasteiger partial charge in [0.2, 0.25) is 0 Å². The predicted molar refractivity (Wildman–Crippen MR) is 80.4 cm³/mol. The van der Waals surface area contributed by atoms with Crippen molar-refractivity contribution in [2.24, 2.45) is 11.3 Å². The second-order valence-corrected chi connectivity index (χ2v) is 7.36. The van der Waals surface area contributed by atoms with Gasteiger partial charge in [0, 0.05) is 25.7 Å². The predicted octanol–water partition coefficient (Wildman–Crippen LogP) is 1.79. The lowest BCUT2D eigenvalue weighted by Gasteiger charge is -2.38. The van der Waals surface area contributed by atoms with Crippen LogP contribution in [0.25, 0.3) is 0 Å². The number of nitrogens with zero attached hydrogens (tertiary/aromatic N) is 2. The Kier molecular flexibility index (Phi) is 4.16. The Morgan fingerprint density at radius 2 is 2.05 bits per heavy atom. The molecule has 0 aromatic rings. The van der Waals surface area contributed by atoms with E-state index in [0.717, 1.165) is 12.0 Å². The molecule has 0 bridgehead atoms. The molecule has 3 heteroatoms. The van der Waals surface area contributed by atoms with E-state index in [-0.39, 0.29) is 0 Å². The van der Waals surface area contributed by atoms with Crippen LogP contribution >= 0.6 is 0 Å². The van der Waals surface area contributed by atoms with Gasteiger partial charge < -0.3 is 10.2 Å². The van der Waals surface area contributed by atoms with Gasteiger partial charge >= 0.3 is 0 Å². The lowest BCUT2D eigenvalue weighted by molar-refractivity contribution is 0.110. The molecule has 3 aliphatic heterocycles. The first-order valence-electron chi connectivity index (χ1n) is 8.37. The Balaban J connectivity index is 1.64. The fourth-order valence-corrected chi connectivity index (χ4v) is 4.45.